The largest absolute Gasteiger partial charge is 0.497 e. The number of ether oxygens (including phenoxy) is 2. The van der Waals surface area contributed by atoms with Gasteiger partial charge in [0.05, 0.1) is 24.7 Å². The molecule has 1 N–H and O–H groups in total. The fourth-order valence-electron chi connectivity index (χ4n) is 4.56. The van der Waals surface area contributed by atoms with Gasteiger partial charge < -0.3 is 14.6 Å². The molecular weight excluding hydrogens is 462 g/mol. The first-order chi connectivity index (χ1) is 16.2. The minimum Gasteiger partial charge on any atom is -0.497 e. The molecule has 1 heterocycles. The zero-order chi connectivity index (χ0) is 24.5. The Balaban J connectivity index is 1.55. The normalized spacial score (nSPS) is 25.6. The Bertz CT molecular complexity index is 1180. The van der Waals surface area contributed by atoms with Gasteiger partial charge in [0, 0.05) is 19.4 Å². The summed E-state index contributed by atoms with van der Waals surface area (Å²) in [6.07, 6.45) is -1.19. The molecule has 0 aromatic heterocycles. The van der Waals surface area contributed by atoms with E-state index in [1.54, 1.807) is 0 Å². The van der Waals surface area contributed by atoms with Crippen LogP contribution in [0.25, 0.3) is 0 Å². The quantitative estimate of drug-likeness (QED) is 0.588. The number of hydrogen-bond acceptors (Lipinski definition) is 7. The Hall–Kier alpha value is -3.08. The van der Waals surface area contributed by atoms with Gasteiger partial charge in [-0.2, -0.15) is 4.31 Å². The number of carboxylic acid groups (broad SMARTS) is 1. The number of nitrogens with zero attached hydrogens (tertiary/aromatic N) is 1. The lowest BCUT2D eigenvalue weighted by Gasteiger charge is -2.34. The molecule has 2 fully saturated rings. The molecule has 4 rings (SSSR count). The molecule has 2 aliphatic rings. The Morgan fingerprint density at radius 3 is 2.24 bits per heavy atom. The van der Waals surface area contributed by atoms with Gasteiger partial charge in [-0.1, -0.05) is 30.3 Å². The molecule has 0 amide bonds. The lowest BCUT2D eigenvalue weighted by atomic mass is 9.69. The van der Waals surface area contributed by atoms with Crippen molar-refractivity contribution in [2.45, 2.75) is 42.9 Å². The summed E-state index contributed by atoms with van der Waals surface area (Å²) in [5, 5.41) is 9.75. The molecule has 1 spiro atoms. The monoisotopic (exact) mass is 487 g/mol. The number of carbonyl (C=O) groups excluding carboxylic acids is 2. The topological polar surface area (TPSA) is 127 Å². The van der Waals surface area contributed by atoms with Crippen molar-refractivity contribution in [1.82, 2.24) is 4.31 Å². The van der Waals surface area contributed by atoms with Crippen molar-refractivity contribution < 1.29 is 37.4 Å². The van der Waals surface area contributed by atoms with Crippen LogP contribution in [0.2, 0.25) is 0 Å². The Kier molecular flexibility index (Phi) is 6.57. The predicted molar refractivity (Wildman–Crippen MR) is 120 cm³/mol. The lowest BCUT2D eigenvalue weighted by Crippen LogP contribution is -2.49. The van der Waals surface area contributed by atoms with E-state index in [1.807, 2.05) is 30.3 Å². The van der Waals surface area contributed by atoms with E-state index in [-0.39, 0.29) is 30.8 Å². The van der Waals surface area contributed by atoms with E-state index in [2.05, 4.69) is 0 Å². The number of sulfonamides is 1. The van der Waals surface area contributed by atoms with Gasteiger partial charge in [0.1, 0.15) is 28.8 Å². The van der Waals surface area contributed by atoms with E-state index in [1.165, 1.54) is 31.4 Å². The van der Waals surface area contributed by atoms with Gasteiger partial charge >= 0.3 is 5.97 Å². The van der Waals surface area contributed by atoms with Crippen LogP contribution in [-0.2, 0) is 35.8 Å². The second kappa shape index (κ2) is 9.28. The Morgan fingerprint density at radius 1 is 1.06 bits per heavy atom. The van der Waals surface area contributed by atoms with E-state index in [0.717, 1.165) is 9.87 Å². The number of benzene rings is 2. The lowest BCUT2D eigenvalue weighted by molar-refractivity contribution is -0.149. The number of hydrogen-bond donors (Lipinski definition) is 1. The summed E-state index contributed by atoms with van der Waals surface area (Å²) in [5.41, 5.74) is -0.791. The molecule has 0 bridgehead atoms. The summed E-state index contributed by atoms with van der Waals surface area (Å²) in [6.45, 7) is -0.268. The molecule has 1 saturated carbocycles. The molecule has 2 aromatic rings. The molecular formula is C24H25NO8S. The molecule has 10 heteroatoms. The highest BCUT2D eigenvalue weighted by Gasteiger charge is 2.60. The summed E-state index contributed by atoms with van der Waals surface area (Å²) in [7, 11) is -2.84. The molecule has 180 valence electrons. The summed E-state index contributed by atoms with van der Waals surface area (Å²) in [4.78, 5) is 38.2. The first kappa shape index (κ1) is 24.1. The fourth-order valence-corrected chi connectivity index (χ4v) is 6.20. The SMILES string of the molecule is COc1ccc(S(=O)(=O)N2CC3(C[C@@H]2C(=O)O)C(=O)CC(OCc2ccccc2)CC3=O)cc1. The minimum atomic E-state index is -4.28. The zero-order valence-corrected chi connectivity index (χ0v) is 19.4. The van der Waals surface area contributed by atoms with Crippen LogP contribution in [0.15, 0.2) is 59.5 Å². The highest BCUT2D eigenvalue weighted by Crippen LogP contribution is 2.44. The number of methoxy groups -OCH3 is 1. The van der Waals surface area contributed by atoms with Crippen molar-refractivity contribution in [2.24, 2.45) is 5.41 Å². The fraction of sp³-hybridized carbons (Fsp3) is 0.375. The van der Waals surface area contributed by atoms with Crippen molar-refractivity contribution in [3.63, 3.8) is 0 Å². The van der Waals surface area contributed by atoms with Crippen LogP contribution in [0.1, 0.15) is 24.8 Å². The average molecular weight is 488 g/mol. The van der Waals surface area contributed by atoms with Crippen LogP contribution >= 0.6 is 0 Å². The number of carbonyl (C=O) groups is 3. The van der Waals surface area contributed by atoms with Gasteiger partial charge in [0.25, 0.3) is 0 Å². The van der Waals surface area contributed by atoms with E-state index < -0.39 is 51.7 Å². The van der Waals surface area contributed by atoms with Crippen LogP contribution < -0.4 is 4.74 Å². The molecule has 2 aromatic carbocycles. The van der Waals surface area contributed by atoms with E-state index in [4.69, 9.17) is 9.47 Å². The molecule has 1 atom stereocenters. The number of ketones is 2. The maximum Gasteiger partial charge on any atom is 0.322 e. The third kappa shape index (κ3) is 4.36. The minimum absolute atomic E-state index is 0.0820. The maximum absolute atomic E-state index is 13.3. The molecule has 0 unspecified atom stereocenters. The molecule has 1 aliphatic heterocycles. The third-order valence-electron chi connectivity index (χ3n) is 6.49. The number of rotatable bonds is 7. The van der Waals surface area contributed by atoms with Gasteiger partial charge in [-0.15, -0.1) is 0 Å². The summed E-state index contributed by atoms with van der Waals surface area (Å²) in [5.74, 6) is -1.94. The van der Waals surface area contributed by atoms with Crippen molar-refractivity contribution in [3.05, 3.63) is 60.2 Å². The van der Waals surface area contributed by atoms with Crippen molar-refractivity contribution in [3.8, 4) is 5.75 Å². The van der Waals surface area contributed by atoms with Gasteiger partial charge in [-0.05, 0) is 36.2 Å². The zero-order valence-electron chi connectivity index (χ0n) is 18.5. The maximum atomic E-state index is 13.3. The molecule has 9 nitrogen and oxygen atoms in total. The van der Waals surface area contributed by atoms with E-state index in [0.29, 0.717) is 5.75 Å². The van der Waals surface area contributed by atoms with Crippen molar-refractivity contribution >= 4 is 27.6 Å². The second-order valence-corrected chi connectivity index (χ2v) is 10.4. The Morgan fingerprint density at radius 2 is 1.68 bits per heavy atom. The van der Waals surface area contributed by atoms with E-state index in [9.17, 15) is 27.9 Å². The summed E-state index contributed by atoms with van der Waals surface area (Å²) < 4.78 is 38.1. The first-order valence-electron chi connectivity index (χ1n) is 10.8. The van der Waals surface area contributed by atoms with Crippen molar-refractivity contribution in [2.75, 3.05) is 13.7 Å². The van der Waals surface area contributed by atoms with Crippen LogP contribution in [0.5, 0.6) is 5.75 Å². The molecule has 34 heavy (non-hydrogen) atoms. The standard InChI is InChI=1S/C24H25NO8S/c1-32-17-7-9-19(10-8-17)34(30,31)25-15-24(13-20(25)23(28)29)21(26)11-18(12-22(24)27)33-14-16-5-3-2-4-6-16/h2-10,18,20H,11-15H2,1H3,(H,28,29)/t18?,20-,24?/m1/s1. The summed E-state index contributed by atoms with van der Waals surface area (Å²) in [6, 6.07) is 13.3. The highest BCUT2D eigenvalue weighted by atomic mass is 32.2. The van der Waals surface area contributed by atoms with Crippen LogP contribution in [0, 0.1) is 5.41 Å². The second-order valence-electron chi connectivity index (χ2n) is 8.54. The molecule has 0 radical (unpaired) electrons. The van der Waals surface area contributed by atoms with Crippen molar-refractivity contribution in [1.29, 1.82) is 0 Å². The smallest absolute Gasteiger partial charge is 0.322 e. The average Bonchev–Trinajstić information content (AvgIpc) is 3.26. The van der Waals surface area contributed by atoms with Gasteiger partial charge in [-0.25, -0.2) is 8.42 Å². The van der Waals surface area contributed by atoms with Crippen LogP contribution in [0.4, 0.5) is 0 Å². The predicted octanol–water partition coefficient (Wildman–Crippen LogP) is 2.05. The van der Waals surface area contributed by atoms with Crippen LogP contribution in [0.3, 0.4) is 0 Å². The number of aliphatic carboxylic acids is 1. The number of Topliss-reactive ketones (excluding diaryl/α,β-unsaturated/α-hetero) is 2. The van der Waals surface area contributed by atoms with Gasteiger partial charge in [0.15, 0.2) is 0 Å². The molecule has 1 saturated heterocycles. The third-order valence-corrected chi connectivity index (χ3v) is 8.36. The molecule has 1 aliphatic carbocycles. The Labute approximate surface area is 197 Å². The highest BCUT2D eigenvalue weighted by molar-refractivity contribution is 7.89. The van der Waals surface area contributed by atoms with E-state index >= 15 is 0 Å². The summed E-state index contributed by atoms with van der Waals surface area (Å²) >= 11 is 0. The first-order valence-corrected chi connectivity index (χ1v) is 12.2. The van der Waals surface area contributed by atoms with Gasteiger partial charge in [-0.3, -0.25) is 14.4 Å². The number of carboxylic acids is 1. The van der Waals surface area contributed by atoms with Crippen LogP contribution in [-0.4, -0.2) is 61.2 Å². The van der Waals surface area contributed by atoms with Gasteiger partial charge in [0.2, 0.25) is 10.0 Å².